The van der Waals surface area contributed by atoms with Gasteiger partial charge >= 0.3 is 0 Å². The van der Waals surface area contributed by atoms with Crippen molar-refractivity contribution in [3.05, 3.63) is 41.5 Å². The Kier molecular flexibility index (Phi) is 4.35. The molecule has 0 radical (unpaired) electrons. The molecule has 0 saturated heterocycles. The van der Waals surface area contributed by atoms with E-state index in [1.807, 2.05) is 31.2 Å². The van der Waals surface area contributed by atoms with Crippen molar-refractivity contribution in [2.75, 3.05) is 0 Å². The molecular weight excluding hydrogens is 212 g/mol. The lowest BCUT2D eigenvalue weighted by atomic mass is 9.95. The Morgan fingerprint density at radius 3 is 2.53 bits per heavy atom. The number of aromatic hydroxyl groups is 1. The maximum absolute atomic E-state index is 9.65. The molecule has 0 aliphatic carbocycles. The SMILES string of the molecule is Cc1ccc(C(C)CC=CC(C)(C)O)cc1O. The maximum Gasteiger partial charge on any atom is 0.118 e. The molecule has 0 heterocycles. The van der Waals surface area contributed by atoms with E-state index < -0.39 is 5.60 Å². The molecule has 0 bridgehead atoms. The summed E-state index contributed by atoms with van der Waals surface area (Å²) in [7, 11) is 0. The monoisotopic (exact) mass is 234 g/mol. The van der Waals surface area contributed by atoms with Crippen LogP contribution < -0.4 is 0 Å². The van der Waals surface area contributed by atoms with Crippen molar-refractivity contribution in [3.8, 4) is 5.75 Å². The van der Waals surface area contributed by atoms with E-state index in [-0.39, 0.29) is 0 Å². The van der Waals surface area contributed by atoms with Crippen LogP contribution in [0.15, 0.2) is 30.4 Å². The highest BCUT2D eigenvalue weighted by atomic mass is 16.3. The average Bonchev–Trinajstić information content (AvgIpc) is 2.20. The molecule has 0 saturated carbocycles. The predicted octanol–water partition coefficient (Wildman–Crippen LogP) is 3.52. The standard InChI is InChI=1S/C15H22O2/c1-11(6-5-9-15(3,4)17)13-8-7-12(2)14(16)10-13/h5,7-11,16-17H,6H2,1-4H3. The molecule has 1 unspecified atom stereocenters. The Bertz CT molecular complexity index is 400. The zero-order valence-electron chi connectivity index (χ0n) is 11.1. The van der Waals surface area contributed by atoms with Gasteiger partial charge in [0.1, 0.15) is 5.75 Å². The summed E-state index contributed by atoms with van der Waals surface area (Å²) >= 11 is 0. The van der Waals surface area contributed by atoms with Crippen LogP contribution in [-0.4, -0.2) is 15.8 Å². The van der Waals surface area contributed by atoms with Gasteiger partial charge in [0, 0.05) is 0 Å². The fourth-order valence-corrected chi connectivity index (χ4v) is 1.63. The Morgan fingerprint density at radius 1 is 1.35 bits per heavy atom. The molecule has 1 aromatic carbocycles. The number of rotatable bonds is 4. The van der Waals surface area contributed by atoms with Gasteiger partial charge in [-0.2, -0.15) is 0 Å². The Labute approximate surface area is 104 Å². The first-order chi connectivity index (χ1) is 7.79. The zero-order chi connectivity index (χ0) is 13.1. The Morgan fingerprint density at radius 2 is 2.00 bits per heavy atom. The second kappa shape index (κ2) is 5.37. The lowest BCUT2D eigenvalue weighted by molar-refractivity contribution is 0.133. The molecule has 2 heteroatoms. The molecule has 94 valence electrons. The van der Waals surface area contributed by atoms with Crippen LogP contribution >= 0.6 is 0 Å². The van der Waals surface area contributed by atoms with Crippen LogP contribution in [0.5, 0.6) is 5.75 Å². The van der Waals surface area contributed by atoms with Gasteiger partial charge in [-0.1, -0.05) is 31.2 Å². The second-order valence-corrected chi connectivity index (χ2v) is 5.24. The highest BCUT2D eigenvalue weighted by molar-refractivity contribution is 5.36. The molecular formula is C15H22O2. The number of phenolic OH excluding ortho intramolecular Hbond substituents is 1. The molecule has 1 aromatic rings. The number of aliphatic hydroxyl groups is 1. The Balaban J connectivity index is 2.67. The van der Waals surface area contributed by atoms with Gasteiger partial charge in [-0.05, 0) is 50.3 Å². The summed E-state index contributed by atoms with van der Waals surface area (Å²) in [6.07, 6.45) is 4.64. The van der Waals surface area contributed by atoms with E-state index in [0.717, 1.165) is 17.5 Å². The van der Waals surface area contributed by atoms with E-state index in [9.17, 15) is 10.2 Å². The van der Waals surface area contributed by atoms with E-state index in [1.54, 1.807) is 19.9 Å². The van der Waals surface area contributed by atoms with Crippen LogP contribution in [0.4, 0.5) is 0 Å². The van der Waals surface area contributed by atoms with Crippen molar-refractivity contribution >= 4 is 0 Å². The van der Waals surface area contributed by atoms with Crippen LogP contribution in [-0.2, 0) is 0 Å². The smallest absolute Gasteiger partial charge is 0.118 e. The minimum atomic E-state index is -0.755. The van der Waals surface area contributed by atoms with Crippen LogP contribution in [0, 0.1) is 6.92 Å². The number of hydrogen-bond donors (Lipinski definition) is 2. The summed E-state index contributed by atoms with van der Waals surface area (Å²) in [5.41, 5.74) is 1.26. The van der Waals surface area contributed by atoms with Gasteiger partial charge in [0.05, 0.1) is 5.60 Å². The molecule has 2 nitrogen and oxygen atoms in total. The van der Waals surface area contributed by atoms with Crippen LogP contribution in [0.3, 0.4) is 0 Å². The van der Waals surface area contributed by atoms with Gasteiger partial charge in [-0.25, -0.2) is 0 Å². The summed E-state index contributed by atoms with van der Waals surface area (Å²) in [5, 5.41) is 19.2. The summed E-state index contributed by atoms with van der Waals surface area (Å²) < 4.78 is 0. The van der Waals surface area contributed by atoms with Crippen molar-refractivity contribution in [2.24, 2.45) is 0 Å². The van der Waals surface area contributed by atoms with Gasteiger partial charge < -0.3 is 10.2 Å². The van der Waals surface area contributed by atoms with Crippen molar-refractivity contribution in [2.45, 2.75) is 45.6 Å². The third-order valence-corrected chi connectivity index (χ3v) is 2.82. The summed E-state index contributed by atoms with van der Waals surface area (Å²) in [4.78, 5) is 0. The summed E-state index contributed by atoms with van der Waals surface area (Å²) in [6.45, 7) is 7.51. The number of hydrogen-bond acceptors (Lipinski definition) is 2. The first-order valence-corrected chi connectivity index (χ1v) is 5.99. The average molecular weight is 234 g/mol. The first-order valence-electron chi connectivity index (χ1n) is 5.99. The molecule has 0 fully saturated rings. The fourth-order valence-electron chi connectivity index (χ4n) is 1.63. The minimum Gasteiger partial charge on any atom is -0.508 e. The molecule has 1 rings (SSSR count). The highest BCUT2D eigenvalue weighted by Gasteiger charge is 2.08. The predicted molar refractivity (Wildman–Crippen MR) is 71.3 cm³/mol. The molecule has 0 amide bonds. The molecule has 2 N–H and O–H groups in total. The number of phenols is 1. The normalized spacial score (nSPS) is 14.2. The van der Waals surface area contributed by atoms with Crippen molar-refractivity contribution in [1.29, 1.82) is 0 Å². The van der Waals surface area contributed by atoms with E-state index in [2.05, 4.69) is 6.92 Å². The van der Waals surface area contributed by atoms with E-state index in [4.69, 9.17) is 0 Å². The van der Waals surface area contributed by atoms with Gasteiger partial charge in [-0.3, -0.25) is 0 Å². The van der Waals surface area contributed by atoms with Crippen molar-refractivity contribution < 1.29 is 10.2 Å². The number of benzene rings is 1. The minimum absolute atomic E-state index is 0.333. The molecule has 0 spiro atoms. The maximum atomic E-state index is 9.65. The molecule has 0 aliphatic rings. The highest BCUT2D eigenvalue weighted by Crippen LogP contribution is 2.25. The van der Waals surface area contributed by atoms with Crippen LogP contribution in [0.2, 0.25) is 0 Å². The zero-order valence-corrected chi connectivity index (χ0v) is 11.1. The van der Waals surface area contributed by atoms with E-state index >= 15 is 0 Å². The van der Waals surface area contributed by atoms with Crippen molar-refractivity contribution in [1.82, 2.24) is 0 Å². The first kappa shape index (κ1) is 13.8. The van der Waals surface area contributed by atoms with Gasteiger partial charge in [0.25, 0.3) is 0 Å². The second-order valence-electron chi connectivity index (χ2n) is 5.24. The molecule has 17 heavy (non-hydrogen) atoms. The van der Waals surface area contributed by atoms with E-state index in [1.165, 1.54) is 0 Å². The van der Waals surface area contributed by atoms with Crippen LogP contribution in [0.25, 0.3) is 0 Å². The van der Waals surface area contributed by atoms with Crippen LogP contribution in [0.1, 0.15) is 44.2 Å². The molecule has 0 aliphatic heterocycles. The van der Waals surface area contributed by atoms with Crippen molar-refractivity contribution in [3.63, 3.8) is 0 Å². The quantitative estimate of drug-likeness (QED) is 0.782. The lowest BCUT2D eigenvalue weighted by Crippen LogP contribution is -2.13. The van der Waals surface area contributed by atoms with Gasteiger partial charge in [-0.15, -0.1) is 0 Å². The van der Waals surface area contributed by atoms with E-state index in [0.29, 0.717) is 11.7 Å². The topological polar surface area (TPSA) is 40.5 Å². The largest absolute Gasteiger partial charge is 0.508 e. The fraction of sp³-hybridized carbons (Fsp3) is 0.467. The molecule has 1 atom stereocenters. The third kappa shape index (κ3) is 4.61. The van der Waals surface area contributed by atoms with Gasteiger partial charge in [0.15, 0.2) is 0 Å². The third-order valence-electron chi connectivity index (χ3n) is 2.82. The van der Waals surface area contributed by atoms with Gasteiger partial charge in [0.2, 0.25) is 0 Å². The summed E-state index contributed by atoms with van der Waals surface area (Å²) in [6, 6.07) is 5.79. The number of aryl methyl sites for hydroxylation is 1. The Hall–Kier alpha value is -1.28. The number of allylic oxidation sites excluding steroid dienone is 1. The lowest BCUT2D eigenvalue weighted by Gasteiger charge is -2.13. The summed E-state index contributed by atoms with van der Waals surface area (Å²) in [5.74, 6) is 0.681. The molecule has 0 aromatic heterocycles.